The summed E-state index contributed by atoms with van der Waals surface area (Å²) in [5, 5.41) is 12.1. The maximum absolute atomic E-state index is 12.3. The van der Waals surface area contributed by atoms with Crippen molar-refractivity contribution in [3.8, 4) is 0 Å². The molecule has 1 aromatic rings. The van der Waals surface area contributed by atoms with Gasteiger partial charge < -0.3 is 10.4 Å². The number of hydrogen-bond donors (Lipinski definition) is 2. The molecule has 0 spiro atoms. The van der Waals surface area contributed by atoms with Crippen molar-refractivity contribution in [3.05, 3.63) is 29.8 Å². The third-order valence-electron chi connectivity index (χ3n) is 4.23. The van der Waals surface area contributed by atoms with E-state index in [1.165, 1.54) is 0 Å². The van der Waals surface area contributed by atoms with Crippen LogP contribution in [0.3, 0.4) is 0 Å². The monoisotopic (exact) mass is 318 g/mol. The van der Waals surface area contributed by atoms with Gasteiger partial charge in [-0.15, -0.1) is 0 Å². The molecule has 1 aromatic carbocycles. The van der Waals surface area contributed by atoms with Gasteiger partial charge in [-0.1, -0.05) is 39.0 Å². The summed E-state index contributed by atoms with van der Waals surface area (Å²) in [6.45, 7) is 7.80. The Bertz CT molecular complexity index is 578. The molecule has 1 aliphatic heterocycles. The van der Waals surface area contributed by atoms with E-state index in [0.717, 1.165) is 24.2 Å². The summed E-state index contributed by atoms with van der Waals surface area (Å²) in [5.41, 5.74) is 1.87. The van der Waals surface area contributed by atoms with Gasteiger partial charge in [-0.3, -0.25) is 14.5 Å². The molecule has 1 fully saturated rings. The average Bonchev–Trinajstić information content (AvgIpc) is 2.46. The van der Waals surface area contributed by atoms with Crippen molar-refractivity contribution in [1.82, 2.24) is 4.90 Å². The summed E-state index contributed by atoms with van der Waals surface area (Å²) in [6, 6.07) is 7.82. The molecule has 1 saturated heterocycles. The first-order valence-electron chi connectivity index (χ1n) is 8.12. The van der Waals surface area contributed by atoms with Crippen molar-refractivity contribution in [2.45, 2.75) is 39.0 Å². The molecule has 5 nitrogen and oxygen atoms in total. The normalized spacial score (nSPS) is 19.3. The van der Waals surface area contributed by atoms with Gasteiger partial charge in [-0.2, -0.15) is 0 Å². The number of para-hydroxylation sites is 1. The minimum atomic E-state index is -0.770. The fourth-order valence-electron chi connectivity index (χ4n) is 3.04. The van der Waals surface area contributed by atoms with Gasteiger partial charge in [0.1, 0.15) is 0 Å². The molecule has 0 aliphatic carbocycles. The number of anilines is 1. The van der Waals surface area contributed by atoms with E-state index >= 15 is 0 Å². The molecule has 1 amide bonds. The number of rotatable bonds is 4. The predicted octanol–water partition coefficient (Wildman–Crippen LogP) is 2.72. The van der Waals surface area contributed by atoms with Gasteiger partial charge in [0, 0.05) is 12.2 Å². The predicted molar refractivity (Wildman–Crippen MR) is 90.6 cm³/mol. The van der Waals surface area contributed by atoms with Crippen LogP contribution < -0.4 is 5.32 Å². The number of amides is 1. The van der Waals surface area contributed by atoms with E-state index in [2.05, 4.69) is 26.1 Å². The molecule has 0 bridgehead atoms. The van der Waals surface area contributed by atoms with Gasteiger partial charge in [0.15, 0.2) is 0 Å². The maximum atomic E-state index is 12.3. The summed E-state index contributed by atoms with van der Waals surface area (Å²) in [6.07, 6.45) is 1.52. The highest BCUT2D eigenvalue weighted by atomic mass is 16.4. The summed E-state index contributed by atoms with van der Waals surface area (Å²) >= 11 is 0. The molecule has 2 N–H and O–H groups in total. The van der Waals surface area contributed by atoms with Gasteiger partial charge in [-0.05, 0) is 36.4 Å². The minimum Gasteiger partial charge on any atom is -0.481 e. The van der Waals surface area contributed by atoms with Crippen molar-refractivity contribution in [2.75, 3.05) is 25.0 Å². The third-order valence-corrected chi connectivity index (χ3v) is 4.23. The second-order valence-corrected chi connectivity index (χ2v) is 7.26. The fraction of sp³-hybridized carbons (Fsp3) is 0.556. The lowest BCUT2D eigenvalue weighted by atomic mass is 9.86. The Balaban J connectivity index is 1.99. The van der Waals surface area contributed by atoms with Crippen LogP contribution in [0, 0.1) is 5.92 Å². The molecule has 0 radical (unpaired) electrons. The molecule has 0 aromatic heterocycles. The van der Waals surface area contributed by atoms with E-state index in [1.807, 2.05) is 29.2 Å². The number of carbonyl (C=O) groups is 2. The van der Waals surface area contributed by atoms with E-state index in [4.69, 9.17) is 5.11 Å². The summed E-state index contributed by atoms with van der Waals surface area (Å²) < 4.78 is 0. The summed E-state index contributed by atoms with van der Waals surface area (Å²) in [5.74, 6) is -1.22. The Labute approximate surface area is 137 Å². The number of likely N-dealkylation sites (tertiary alicyclic amines) is 1. The summed E-state index contributed by atoms with van der Waals surface area (Å²) in [4.78, 5) is 25.4. The molecule has 1 atom stereocenters. The fourth-order valence-corrected chi connectivity index (χ4v) is 3.04. The first-order valence-corrected chi connectivity index (χ1v) is 8.12. The maximum Gasteiger partial charge on any atom is 0.307 e. The van der Waals surface area contributed by atoms with Gasteiger partial charge in [-0.25, -0.2) is 0 Å². The van der Waals surface area contributed by atoms with Crippen molar-refractivity contribution in [3.63, 3.8) is 0 Å². The molecular weight excluding hydrogens is 292 g/mol. The van der Waals surface area contributed by atoms with Crippen LogP contribution in [0.25, 0.3) is 0 Å². The highest BCUT2D eigenvalue weighted by Crippen LogP contribution is 2.29. The van der Waals surface area contributed by atoms with Crippen LogP contribution in [-0.4, -0.2) is 41.5 Å². The zero-order valence-corrected chi connectivity index (χ0v) is 14.1. The highest BCUT2D eigenvalue weighted by Gasteiger charge is 2.26. The average molecular weight is 318 g/mol. The molecule has 0 saturated carbocycles. The number of hydrogen-bond acceptors (Lipinski definition) is 3. The van der Waals surface area contributed by atoms with Crippen LogP contribution in [0.1, 0.15) is 39.2 Å². The van der Waals surface area contributed by atoms with Crippen LogP contribution in [0.15, 0.2) is 24.3 Å². The molecule has 2 rings (SSSR count). The van der Waals surface area contributed by atoms with E-state index in [0.29, 0.717) is 13.0 Å². The van der Waals surface area contributed by atoms with Crippen molar-refractivity contribution in [2.24, 2.45) is 5.92 Å². The van der Waals surface area contributed by atoms with E-state index in [-0.39, 0.29) is 23.8 Å². The van der Waals surface area contributed by atoms with Gasteiger partial charge in [0.05, 0.1) is 12.5 Å². The Morgan fingerprint density at radius 3 is 2.65 bits per heavy atom. The van der Waals surface area contributed by atoms with Crippen LogP contribution >= 0.6 is 0 Å². The number of carbonyl (C=O) groups excluding carboxylic acids is 1. The Hall–Kier alpha value is -1.88. The highest BCUT2D eigenvalue weighted by molar-refractivity contribution is 5.93. The molecule has 1 aliphatic rings. The lowest BCUT2D eigenvalue weighted by Crippen LogP contribution is -2.42. The number of benzene rings is 1. The van der Waals surface area contributed by atoms with Gasteiger partial charge >= 0.3 is 5.97 Å². The summed E-state index contributed by atoms with van der Waals surface area (Å²) in [7, 11) is 0. The van der Waals surface area contributed by atoms with E-state index in [9.17, 15) is 9.59 Å². The van der Waals surface area contributed by atoms with Crippen molar-refractivity contribution >= 4 is 17.6 Å². The number of aliphatic carboxylic acids is 1. The van der Waals surface area contributed by atoms with Crippen molar-refractivity contribution in [1.29, 1.82) is 0 Å². The SMILES string of the molecule is CC(C)(C)c1ccccc1NC(=O)CN1CCCC(C(=O)O)C1. The van der Waals surface area contributed by atoms with Crippen LogP contribution in [-0.2, 0) is 15.0 Å². The third kappa shape index (κ3) is 4.79. The number of piperidine rings is 1. The number of carboxylic acids is 1. The number of nitrogens with zero attached hydrogens (tertiary/aromatic N) is 1. The van der Waals surface area contributed by atoms with E-state index < -0.39 is 5.97 Å². The first-order chi connectivity index (χ1) is 10.8. The number of carboxylic acid groups (broad SMARTS) is 1. The Morgan fingerprint density at radius 1 is 1.30 bits per heavy atom. The lowest BCUT2D eigenvalue weighted by Gasteiger charge is -2.30. The van der Waals surface area contributed by atoms with Crippen LogP contribution in [0.4, 0.5) is 5.69 Å². The molecule has 1 unspecified atom stereocenters. The molecule has 23 heavy (non-hydrogen) atoms. The Kier molecular flexibility index (Phi) is 5.42. The molecular formula is C18H26N2O3. The van der Waals surface area contributed by atoms with E-state index in [1.54, 1.807) is 0 Å². The molecule has 1 heterocycles. The van der Waals surface area contributed by atoms with Crippen molar-refractivity contribution < 1.29 is 14.7 Å². The quantitative estimate of drug-likeness (QED) is 0.895. The Morgan fingerprint density at radius 2 is 2.00 bits per heavy atom. The van der Waals surface area contributed by atoms with Gasteiger partial charge in [0.2, 0.25) is 5.91 Å². The van der Waals surface area contributed by atoms with Crippen LogP contribution in [0.2, 0.25) is 0 Å². The second-order valence-electron chi connectivity index (χ2n) is 7.26. The first kappa shape index (κ1) is 17.5. The molecule has 126 valence electrons. The molecule has 5 heteroatoms. The minimum absolute atomic E-state index is 0.0522. The lowest BCUT2D eigenvalue weighted by molar-refractivity contribution is -0.144. The number of nitrogens with one attached hydrogen (secondary N) is 1. The second kappa shape index (κ2) is 7.13. The smallest absolute Gasteiger partial charge is 0.307 e. The largest absolute Gasteiger partial charge is 0.481 e. The van der Waals surface area contributed by atoms with Gasteiger partial charge in [0.25, 0.3) is 0 Å². The van der Waals surface area contributed by atoms with Crippen LogP contribution in [0.5, 0.6) is 0 Å². The topological polar surface area (TPSA) is 69.6 Å². The standard InChI is InChI=1S/C18H26N2O3/c1-18(2,3)14-8-4-5-9-15(14)19-16(21)12-20-10-6-7-13(11-20)17(22)23/h4-5,8-9,13H,6-7,10-12H2,1-3H3,(H,19,21)(H,22,23). The zero-order valence-electron chi connectivity index (χ0n) is 14.1. The zero-order chi connectivity index (χ0) is 17.0.